The highest BCUT2D eigenvalue weighted by atomic mass is 16.5. The first-order valence-electron chi connectivity index (χ1n) is 5.90. The number of para-hydroxylation sites is 1. The lowest BCUT2D eigenvalue weighted by molar-refractivity contribution is -0.142. The van der Waals surface area contributed by atoms with Crippen LogP contribution in [0.15, 0.2) is 18.2 Å². The van der Waals surface area contributed by atoms with Gasteiger partial charge in [-0.15, -0.1) is 0 Å². The second kappa shape index (κ2) is 5.27. The Balaban J connectivity index is 2.13. The van der Waals surface area contributed by atoms with Crippen LogP contribution in [-0.2, 0) is 9.53 Å². The zero-order valence-electron chi connectivity index (χ0n) is 10.4. The van der Waals surface area contributed by atoms with Crippen molar-refractivity contribution in [2.24, 2.45) is 5.92 Å². The number of carboxylic acid groups (broad SMARTS) is 1. The van der Waals surface area contributed by atoms with Crippen LogP contribution in [0.5, 0.6) is 5.75 Å². The Morgan fingerprint density at radius 2 is 2.11 bits per heavy atom. The Bertz CT molecular complexity index is 514. The summed E-state index contributed by atoms with van der Waals surface area (Å²) in [5.41, 5.74) is 0.723. The first-order chi connectivity index (χ1) is 9.00. The Kier molecular flexibility index (Phi) is 3.71. The summed E-state index contributed by atoms with van der Waals surface area (Å²) in [6, 6.07) is 4.25. The number of aliphatic carboxylic acids is 1. The largest absolute Gasteiger partial charge is 0.507 e. The van der Waals surface area contributed by atoms with Crippen LogP contribution in [0.2, 0.25) is 0 Å². The number of carbonyl (C=O) groups excluding carboxylic acids is 1. The molecule has 0 saturated carbocycles. The van der Waals surface area contributed by atoms with E-state index in [9.17, 15) is 14.7 Å². The second-order valence-electron chi connectivity index (χ2n) is 4.53. The molecule has 0 spiro atoms. The number of amides is 1. The van der Waals surface area contributed by atoms with Crippen LogP contribution in [0.1, 0.15) is 15.9 Å². The molecule has 6 nitrogen and oxygen atoms in total. The standard InChI is InChI=1S/C13H15NO5/c1-7-3-2-4-8(11(7)15)12(16)14-10-6-19-5-9(10)13(17)18/h2-4,9-10,15H,5-6H2,1H3,(H,14,16)(H,17,18). The van der Waals surface area contributed by atoms with Crippen molar-refractivity contribution in [3.8, 4) is 5.75 Å². The molecular weight excluding hydrogens is 250 g/mol. The molecule has 3 N–H and O–H groups in total. The topological polar surface area (TPSA) is 95.9 Å². The van der Waals surface area contributed by atoms with E-state index in [1.165, 1.54) is 6.07 Å². The minimum atomic E-state index is -1.00. The van der Waals surface area contributed by atoms with E-state index in [1.54, 1.807) is 19.1 Å². The van der Waals surface area contributed by atoms with Gasteiger partial charge in [-0.2, -0.15) is 0 Å². The highest BCUT2D eigenvalue weighted by molar-refractivity contribution is 5.97. The van der Waals surface area contributed by atoms with Crippen molar-refractivity contribution in [1.29, 1.82) is 0 Å². The second-order valence-corrected chi connectivity index (χ2v) is 4.53. The average Bonchev–Trinajstić information content (AvgIpc) is 2.80. The van der Waals surface area contributed by atoms with Crippen LogP contribution in [0, 0.1) is 12.8 Å². The molecule has 2 rings (SSSR count). The fourth-order valence-corrected chi connectivity index (χ4v) is 2.03. The van der Waals surface area contributed by atoms with Gasteiger partial charge in [0, 0.05) is 0 Å². The quantitative estimate of drug-likeness (QED) is 0.741. The molecule has 1 aromatic carbocycles. The summed E-state index contributed by atoms with van der Waals surface area (Å²) in [5, 5.41) is 21.4. The lowest BCUT2D eigenvalue weighted by atomic mass is 10.0. The number of aromatic hydroxyl groups is 1. The Morgan fingerprint density at radius 3 is 2.79 bits per heavy atom. The third-order valence-electron chi connectivity index (χ3n) is 3.20. The highest BCUT2D eigenvalue weighted by Gasteiger charge is 2.35. The van der Waals surface area contributed by atoms with Gasteiger partial charge in [0.2, 0.25) is 0 Å². The predicted molar refractivity (Wildman–Crippen MR) is 66.0 cm³/mol. The van der Waals surface area contributed by atoms with Gasteiger partial charge >= 0.3 is 5.97 Å². The van der Waals surface area contributed by atoms with E-state index in [1.807, 2.05) is 0 Å². The number of phenols is 1. The zero-order valence-corrected chi connectivity index (χ0v) is 10.4. The third-order valence-corrected chi connectivity index (χ3v) is 3.20. The van der Waals surface area contributed by atoms with Crippen LogP contribution in [0.25, 0.3) is 0 Å². The first kappa shape index (κ1) is 13.4. The Hall–Kier alpha value is -2.08. The molecule has 19 heavy (non-hydrogen) atoms. The molecular formula is C13H15NO5. The molecule has 102 valence electrons. The summed E-state index contributed by atoms with van der Waals surface area (Å²) in [5.74, 6) is -2.35. The van der Waals surface area contributed by atoms with E-state index in [-0.39, 0.29) is 24.5 Å². The van der Waals surface area contributed by atoms with Gasteiger partial charge < -0.3 is 20.3 Å². The summed E-state index contributed by atoms with van der Waals surface area (Å²) in [7, 11) is 0. The molecule has 2 unspecified atom stereocenters. The van der Waals surface area contributed by atoms with Crippen LogP contribution < -0.4 is 5.32 Å². The van der Waals surface area contributed by atoms with Crippen molar-refractivity contribution in [3.05, 3.63) is 29.3 Å². The minimum absolute atomic E-state index is 0.0834. The Labute approximate surface area is 110 Å². The van der Waals surface area contributed by atoms with Crippen molar-refractivity contribution in [2.75, 3.05) is 13.2 Å². The number of hydrogen-bond acceptors (Lipinski definition) is 4. The average molecular weight is 265 g/mol. The monoisotopic (exact) mass is 265 g/mol. The van der Waals surface area contributed by atoms with E-state index in [4.69, 9.17) is 9.84 Å². The van der Waals surface area contributed by atoms with Crippen molar-refractivity contribution >= 4 is 11.9 Å². The normalized spacial score (nSPS) is 22.2. The number of carboxylic acids is 1. The van der Waals surface area contributed by atoms with E-state index in [2.05, 4.69) is 5.32 Å². The number of nitrogens with one attached hydrogen (secondary N) is 1. The molecule has 1 fully saturated rings. The molecule has 1 heterocycles. The molecule has 1 saturated heterocycles. The third kappa shape index (κ3) is 2.68. The molecule has 1 amide bonds. The number of aryl methyl sites for hydroxylation is 1. The fraction of sp³-hybridized carbons (Fsp3) is 0.385. The van der Waals surface area contributed by atoms with Crippen LogP contribution >= 0.6 is 0 Å². The molecule has 0 aromatic heterocycles. The molecule has 6 heteroatoms. The van der Waals surface area contributed by atoms with Gasteiger partial charge in [0.25, 0.3) is 5.91 Å². The summed E-state index contributed by atoms with van der Waals surface area (Å²) in [6.07, 6.45) is 0. The fourth-order valence-electron chi connectivity index (χ4n) is 2.03. The van der Waals surface area contributed by atoms with Crippen molar-refractivity contribution < 1.29 is 24.5 Å². The summed E-state index contributed by atoms with van der Waals surface area (Å²) in [6.45, 7) is 1.93. The van der Waals surface area contributed by atoms with E-state index >= 15 is 0 Å². The van der Waals surface area contributed by atoms with Crippen LogP contribution in [0.3, 0.4) is 0 Å². The molecule has 2 atom stereocenters. The van der Waals surface area contributed by atoms with Gasteiger partial charge in [-0.25, -0.2) is 0 Å². The molecule has 1 aliphatic rings. The maximum atomic E-state index is 12.0. The highest BCUT2D eigenvalue weighted by Crippen LogP contribution is 2.22. The predicted octanol–water partition coefficient (Wildman–Crippen LogP) is 0.530. The summed E-state index contributed by atoms with van der Waals surface area (Å²) in [4.78, 5) is 23.0. The molecule has 1 aliphatic heterocycles. The number of rotatable bonds is 3. The minimum Gasteiger partial charge on any atom is -0.507 e. The van der Waals surface area contributed by atoms with Gasteiger partial charge in [0.05, 0.1) is 24.8 Å². The first-order valence-corrected chi connectivity index (χ1v) is 5.90. The lowest BCUT2D eigenvalue weighted by Gasteiger charge is -2.16. The van der Waals surface area contributed by atoms with Crippen molar-refractivity contribution in [2.45, 2.75) is 13.0 Å². The molecule has 0 aliphatic carbocycles. The van der Waals surface area contributed by atoms with Gasteiger partial charge in [0.1, 0.15) is 11.7 Å². The number of ether oxygens (including phenoxy) is 1. The van der Waals surface area contributed by atoms with Gasteiger partial charge in [-0.05, 0) is 18.6 Å². The van der Waals surface area contributed by atoms with Gasteiger partial charge in [0.15, 0.2) is 0 Å². The summed E-state index contributed by atoms with van der Waals surface area (Å²) >= 11 is 0. The van der Waals surface area contributed by atoms with Crippen molar-refractivity contribution in [3.63, 3.8) is 0 Å². The van der Waals surface area contributed by atoms with Crippen LogP contribution in [0.4, 0.5) is 0 Å². The van der Waals surface area contributed by atoms with Gasteiger partial charge in [-0.3, -0.25) is 9.59 Å². The van der Waals surface area contributed by atoms with E-state index in [0.29, 0.717) is 5.56 Å². The SMILES string of the molecule is Cc1cccc(C(=O)NC2COCC2C(=O)O)c1O. The molecule has 1 aromatic rings. The zero-order chi connectivity index (χ0) is 14.0. The van der Waals surface area contributed by atoms with Crippen molar-refractivity contribution in [1.82, 2.24) is 5.32 Å². The number of phenolic OH excluding ortho intramolecular Hbond substituents is 1. The maximum absolute atomic E-state index is 12.0. The Morgan fingerprint density at radius 1 is 1.37 bits per heavy atom. The maximum Gasteiger partial charge on any atom is 0.311 e. The number of hydrogen-bond donors (Lipinski definition) is 3. The molecule has 0 bridgehead atoms. The lowest BCUT2D eigenvalue weighted by Crippen LogP contribution is -2.42. The van der Waals surface area contributed by atoms with Crippen LogP contribution in [-0.4, -0.2) is 41.3 Å². The number of carbonyl (C=O) groups is 2. The number of benzene rings is 1. The van der Waals surface area contributed by atoms with E-state index in [0.717, 1.165) is 0 Å². The van der Waals surface area contributed by atoms with E-state index < -0.39 is 23.8 Å². The van der Waals surface area contributed by atoms with Gasteiger partial charge in [-0.1, -0.05) is 12.1 Å². The smallest absolute Gasteiger partial charge is 0.311 e. The molecule has 0 radical (unpaired) electrons. The summed E-state index contributed by atoms with van der Waals surface area (Å²) < 4.78 is 5.06.